The summed E-state index contributed by atoms with van der Waals surface area (Å²) in [5.74, 6) is 0. The average molecular weight is 234 g/mol. The summed E-state index contributed by atoms with van der Waals surface area (Å²) in [5.41, 5.74) is 0. The van der Waals surface area contributed by atoms with Gasteiger partial charge in [0.2, 0.25) is 6.33 Å². The Bertz CT molecular complexity index is 232. The first-order valence-corrected chi connectivity index (χ1v) is 3.80. The summed E-state index contributed by atoms with van der Waals surface area (Å²) in [4.78, 5) is 2.17. The average Bonchev–Trinajstić information content (AvgIpc) is 2.34. The standard InChI is InChI=1S/C8H16N3.BrH/c1-8(9(2)3)11-6-5-10(4)7-11;/h5-8H,1-4H3;1H/q+1;/p-1. The molecule has 0 aromatic carbocycles. The lowest BCUT2D eigenvalue weighted by atomic mass is 10.5. The van der Waals surface area contributed by atoms with Crippen molar-refractivity contribution < 1.29 is 21.5 Å². The van der Waals surface area contributed by atoms with Gasteiger partial charge in [0.25, 0.3) is 0 Å². The van der Waals surface area contributed by atoms with E-state index in [2.05, 4.69) is 43.0 Å². The van der Waals surface area contributed by atoms with Crippen LogP contribution < -0.4 is 21.5 Å². The third-order valence-corrected chi connectivity index (χ3v) is 1.97. The molecule has 0 saturated heterocycles. The van der Waals surface area contributed by atoms with Crippen molar-refractivity contribution in [1.82, 2.24) is 9.47 Å². The molecule has 0 spiro atoms. The van der Waals surface area contributed by atoms with Crippen molar-refractivity contribution in [3.8, 4) is 0 Å². The molecule has 0 amide bonds. The van der Waals surface area contributed by atoms with Crippen molar-refractivity contribution in [2.75, 3.05) is 14.1 Å². The smallest absolute Gasteiger partial charge is 0.244 e. The molecule has 0 N–H and O–H groups in total. The zero-order chi connectivity index (χ0) is 8.43. The molecule has 0 aliphatic rings. The first-order chi connectivity index (χ1) is 5.11. The van der Waals surface area contributed by atoms with Crippen LogP contribution >= 0.6 is 0 Å². The Kier molecular flexibility index (Phi) is 4.49. The predicted molar refractivity (Wildman–Crippen MR) is 44.0 cm³/mol. The van der Waals surface area contributed by atoms with Crippen LogP contribution in [0.2, 0.25) is 0 Å². The van der Waals surface area contributed by atoms with E-state index >= 15 is 0 Å². The van der Waals surface area contributed by atoms with Crippen LogP contribution in [0.4, 0.5) is 0 Å². The summed E-state index contributed by atoms with van der Waals surface area (Å²) in [5, 5.41) is 0. The Hall–Kier alpha value is -0.350. The summed E-state index contributed by atoms with van der Waals surface area (Å²) in [6.45, 7) is 2.17. The fourth-order valence-corrected chi connectivity index (χ4v) is 0.957. The molecular formula is C8H16BrN3. The van der Waals surface area contributed by atoms with Crippen LogP contribution in [0.5, 0.6) is 0 Å². The molecule has 4 heteroatoms. The van der Waals surface area contributed by atoms with Crippen LogP contribution in [-0.4, -0.2) is 23.6 Å². The van der Waals surface area contributed by atoms with Crippen molar-refractivity contribution in [2.45, 2.75) is 13.1 Å². The number of aryl methyl sites for hydroxylation is 1. The van der Waals surface area contributed by atoms with Gasteiger partial charge in [-0.1, -0.05) is 0 Å². The quantitative estimate of drug-likeness (QED) is 0.511. The molecule has 0 aliphatic carbocycles. The maximum absolute atomic E-state index is 2.17. The Morgan fingerprint density at radius 2 is 2.00 bits per heavy atom. The minimum Gasteiger partial charge on any atom is -1.00 e. The second kappa shape index (κ2) is 4.62. The molecule has 1 aromatic heterocycles. The minimum absolute atomic E-state index is 0. The molecule has 3 nitrogen and oxygen atoms in total. The first-order valence-electron chi connectivity index (χ1n) is 3.80. The molecule has 1 unspecified atom stereocenters. The molecule has 0 fully saturated rings. The second-order valence-electron chi connectivity index (χ2n) is 3.12. The van der Waals surface area contributed by atoms with Crippen molar-refractivity contribution in [3.63, 3.8) is 0 Å². The van der Waals surface area contributed by atoms with E-state index in [1.54, 1.807) is 0 Å². The van der Waals surface area contributed by atoms with Crippen molar-refractivity contribution in [1.29, 1.82) is 0 Å². The van der Waals surface area contributed by atoms with E-state index in [0.717, 1.165) is 0 Å². The van der Waals surface area contributed by atoms with Gasteiger partial charge >= 0.3 is 0 Å². The number of rotatable bonds is 2. The zero-order valence-electron chi connectivity index (χ0n) is 8.03. The molecule has 12 heavy (non-hydrogen) atoms. The third kappa shape index (κ3) is 2.60. The molecule has 70 valence electrons. The van der Waals surface area contributed by atoms with Gasteiger partial charge in [0, 0.05) is 0 Å². The van der Waals surface area contributed by atoms with Gasteiger partial charge in [0.1, 0.15) is 12.4 Å². The molecule has 0 radical (unpaired) electrons. The number of nitrogens with zero attached hydrogens (tertiary/aromatic N) is 3. The van der Waals surface area contributed by atoms with Crippen molar-refractivity contribution in [3.05, 3.63) is 18.7 Å². The highest BCUT2D eigenvalue weighted by molar-refractivity contribution is 4.63. The summed E-state index contributed by atoms with van der Waals surface area (Å²) in [7, 11) is 6.17. The van der Waals surface area contributed by atoms with Gasteiger partial charge in [0.05, 0.1) is 7.05 Å². The van der Waals surface area contributed by atoms with Crippen LogP contribution in [0, 0.1) is 0 Å². The van der Waals surface area contributed by atoms with Gasteiger partial charge in [-0.2, -0.15) is 0 Å². The van der Waals surface area contributed by atoms with Crippen LogP contribution in [0.1, 0.15) is 13.1 Å². The van der Waals surface area contributed by atoms with Crippen LogP contribution in [0.3, 0.4) is 0 Å². The van der Waals surface area contributed by atoms with Crippen LogP contribution in [0.15, 0.2) is 18.7 Å². The van der Waals surface area contributed by atoms with Crippen LogP contribution in [0.25, 0.3) is 0 Å². The van der Waals surface area contributed by atoms with Gasteiger partial charge in [-0.3, -0.25) is 4.90 Å². The highest BCUT2D eigenvalue weighted by Gasteiger charge is 2.11. The second-order valence-corrected chi connectivity index (χ2v) is 3.12. The number of aromatic nitrogens is 2. The van der Waals surface area contributed by atoms with Crippen molar-refractivity contribution >= 4 is 0 Å². The minimum atomic E-state index is 0. The highest BCUT2D eigenvalue weighted by atomic mass is 79.9. The summed E-state index contributed by atoms with van der Waals surface area (Å²) >= 11 is 0. The van der Waals surface area contributed by atoms with E-state index in [4.69, 9.17) is 0 Å². The van der Waals surface area contributed by atoms with E-state index in [9.17, 15) is 0 Å². The van der Waals surface area contributed by atoms with Gasteiger partial charge in [-0.25, -0.2) is 9.13 Å². The Morgan fingerprint density at radius 3 is 2.33 bits per heavy atom. The number of hydrogen-bond donors (Lipinski definition) is 0. The first kappa shape index (κ1) is 11.6. The monoisotopic (exact) mass is 233 g/mol. The van der Waals surface area contributed by atoms with Crippen molar-refractivity contribution in [2.24, 2.45) is 7.05 Å². The normalized spacial score (nSPS) is 12.8. The Morgan fingerprint density at radius 1 is 1.42 bits per heavy atom. The topological polar surface area (TPSA) is 12.1 Å². The lowest BCUT2D eigenvalue weighted by Crippen LogP contribution is -3.00. The Balaban J connectivity index is 0.00000121. The molecule has 1 rings (SSSR count). The number of hydrogen-bond acceptors (Lipinski definition) is 1. The Labute approximate surface area is 84.4 Å². The lowest BCUT2D eigenvalue weighted by Gasteiger charge is -2.15. The molecule has 0 aliphatic heterocycles. The fraction of sp³-hybridized carbons (Fsp3) is 0.625. The van der Waals surface area contributed by atoms with Crippen LogP contribution in [-0.2, 0) is 7.05 Å². The van der Waals surface area contributed by atoms with Gasteiger partial charge < -0.3 is 17.0 Å². The van der Waals surface area contributed by atoms with Gasteiger partial charge in [0.15, 0.2) is 6.17 Å². The largest absolute Gasteiger partial charge is 1.00 e. The van der Waals surface area contributed by atoms with E-state index in [0.29, 0.717) is 6.17 Å². The summed E-state index contributed by atoms with van der Waals surface area (Å²) < 4.78 is 4.21. The fourth-order valence-electron chi connectivity index (χ4n) is 0.957. The summed E-state index contributed by atoms with van der Waals surface area (Å²) in [6, 6.07) is 0. The highest BCUT2D eigenvalue weighted by Crippen LogP contribution is 1.96. The zero-order valence-corrected chi connectivity index (χ0v) is 9.62. The molecular weight excluding hydrogens is 218 g/mol. The number of imidazole rings is 1. The van der Waals surface area contributed by atoms with E-state index in [1.165, 1.54) is 0 Å². The van der Waals surface area contributed by atoms with E-state index in [-0.39, 0.29) is 17.0 Å². The van der Waals surface area contributed by atoms with E-state index in [1.807, 2.05) is 17.8 Å². The predicted octanol–water partition coefficient (Wildman–Crippen LogP) is -2.60. The molecule has 0 saturated carbocycles. The van der Waals surface area contributed by atoms with E-state index < -0.39 is 0 Å². The van der Waals surface area contributed by atoms with Gasteiger partial charge in [-0.15, -0.1) is 0 Å². The molecule has 1 aromatic rings. The SMILES string of the molecule is CC(N(C)C)[n+]1ccn(C)c1.[Br-]. The third-order valence-electron chi connectivity index (χ3n) is 1.97. The molecule has 0 bridgehead atoms. The number of halogens is 1. The lowest BCUT2D eigenvalue weighted by molar-refractivity contribution is -0.738. The van der Waals surface area contributed by atoms with Gasteiger partial charge in [-0.05, 0) is 21.0 Å². The molecule has 1 atom stereocenters. The maximum atomic E-state index is 2.17. The molecule has 1 heterocycles. The maximum Gasteiger partial charge on any atom is 0.244 e. The summed E-state index contributed by atoms with van der Waals surface area (Å²) in [6.07, 6.45) is 6.62.